The summed E-state index contributed by atoms with van der Waals surface area (Å²) in [4.78, 5) is 59.3. The number of hydrogen-bond donors (Lipinski definition) is 3. The third-order valence-corrected chi connectivity index (χ3v) is 8.42. The van der Waals surface area contributed by atoms with Crippen molar-refractivity contribution < 1.29 is 33.3 Å². The van der Waals surface area contributed by atoms with Gasteiger partial charge in [-0.25, -0.2) is 19.4 Å². The zero-order valence-corrected chi connectivity index (χ0v) is 31.4. The number of anilines is 2. The third-order valence-electron chi connectivity index (χ3n) is 8.42. The van der Waals surface area contributed by atoms with Gasteiger partial charge in [-0.05, 0) is 92.2 Å². The van der Waals surface area contributed by atoms with E-state index >= 15 is 0 Å². The van der Waals surface area contributed by atoms with Crippen LogP contribution >= 0.6 is 0 Å². The highest BCUT2D eigenvalue weighted by Crippen LogP contribution is 2.30. The normalized spacial score (nSPS) is 12.3. The first kappa shape index (κ1) is 38.9. The molecule has 2 atom stereocenters. The highest BCUT2D eigenvalue weighted by atomic mass is 16.6. The van der Waals surface area contributed by atoms with Crippen molar-refractivity contribution >= 4 is 40.3 Å². The molecule has 2 amide bonds. The van der Waals surface area contributed by atoms with Crippen molar-refractivity contribution in [3.63, 3.8) is 0 Å². The third kappa shape index (κ3) is 10.1. The standard InChI is InChI=1S/C41H45N5O8/c1-25-20-28(36(38(48)51-7)44-31-13-11-27-17-19-43-37(47)33(27)22-31)12-15-32(25)26(2)24-52-39(49)45-30-14-16-34(53-35-10-8-9-18-42-35)29(21-30)23-46(6)40(50)54-41(3,4)5/h8-22,26,36,44H,23-24H2,1-7H3,(H,43,47)(H,45,49)/t26-,36?/m0/s1. The van der Waals surface area contributed by atoms with Crippen LogP contribution in [0.3, 0.4) is 0 Å². The number of nitrogens with zero attached hydrogens (tertiary/aromatic N) is 2. The molecule has 1 unspecified atom stereocenters. The number of hydrogen-bond acceptors (Lipinski definition) is 10. The lowest BCUT2D eigenvalue weighted by molar-refractivity contribution is -0.141. The van der Waals surface area contributed by atoms with Crippen molar-refractivity contribution in [2.24, 2.45) is 0 Å². The van der Waals surface area contributed by atoms with Crippen LogP contribution < -0.4 is 20.9 Å². The number of carbonyl (C=O) groups is 3. The van der Waals surface area contributed by atoms with Crippen molar-refractivity contribution in [2.75, 3.05) is 31.4 Å². The van der Waals surface area contributed by atoms with Crippen molar-refractivity contribution in [3.05, 3.63) is 124 Å². The fourth-order valence-corrected chi connectivity index (χ4v) is 5.77. The Hall–Kier alpha value is -6.37. The number of amides is 2. The van der Waals surface area contributed by atoms with Gasteiger partial charge in [0.2, 0.25) is 5.88 Å². The lowest BCUT2D eigenvalue weighted by Crippen LogP contribution is -2.33. The Labute approximate surface area is 313 Å². The average Bonchev–Trinajstić information content (AvgIpc) is 3.13. The zero-order valence-electron chi connectivity index (χ0n) is 31.4. The number of rotatable bonds is 12. The monoisotopic (exact) mass is 735 g/mol. The first-order chi connectivity index (χ1) is 25.7. The zero-order chi connectivity index (χ0) is 39.0. The molecule has 0 fully saturated rings. The quantitative estimate of drug-likeness (QED) is 0.0844. The van der Waals surface area contributed by atoms with Gasteiger partial charge in [0, 0.05) is 53.8 Å². The van der Waals surface area contributed by atoms with Crippen molar-refractivity contribution in [1.29, 1.82) is 0 Å². The van der Waals surface area contributed by atoms with E-state index in [-0.39, 0.29) is 24.6 Å². The summed E-state index contributed by atoms with van der Waals surface area (Å²) in [6, 6.07) is 22.2. The predicted octanol–water partition coefficient (Wildman–Crippen LogP) is 8.07. The van der Waals surface area contributed by atoms with Gasteiger partial charge in [0.25, 0.3) is 5.56 Å². The molecule has 0 spiro atoms. The van der Waals surface area contributed by atoms with Gasteiger partial charge >= 0.3 is 18.2 Å². The van der Waals surface area contributed by atoms with Crippen LogP contribution in [0.2, 0.25) is 0 Å². The molecule has 3 aromatic carbocycles. The molecule has 2 aromatic heterocycles. The lowest BCUT2D eigenvalue weighted by atomic mass is 9.93. The van der Waals surface area contributed by atoms with E-state index in [2.05, 4.69) is 20.6 Å². The van der Waals surface area contributed by atoms with Crippen molar-refractivity contribution in [1.82, 2.24) is 14.9 Å². The topological polar surface area (TPSA) is 161 Å². The van der Waals surface area contributed by atoms with Crippen molar-refractivity contribution in [3.8, 4) is 11.6 Å². The van der Waals surface area contributed by atoms with Gasteiger partial charge in [-0.2, -0.15) is 0 Å². The van der Waals surface area contributed by atoms with E-state index in [0.717, 1.165) is 16.5 Å². The second-order valence-electron chi connectivity index (χ2n) is 13.9. The highest BCUT2D eigenvalue weighted by molar-refractivity contribution is 5.87. The summed E-state index contributed by atoms with van der Waals surface area (Å²) < 4.78 is 22.2. The molecular formula is C41H45N5O8. The number of fused-ring (bicyclic) bond motifs is 1. The van der Waals surface area contributed by atoms with Gasteiger partial charge in [-0.3, -0.25) is 10.1 Å². The van der Waals surface area contributed by atoms with Crippen LogP contribution in [-0.2, 0) is 25.5 Å². The largest absolute Gasteiger partial charge is 0.467 e. The fourth-order valence-electron chi connectivity index (χ4n) is 5.77. The average molecular weight is 736 g/mol. The summed E-state index contributed by atoms with van der Waals surface area (Å²) in [5.41, 5.74) is 3.20. The van der Waals surface area contributed by atoms with Gasteiger partial charge in [0.1, 0.15) is 11.4 Å². The molecule has 2 heterocycles. The molecule has 0 saturated heterocycles. The molecule has 0 saturated carbocycles. The Bertz CT molecular complexity index is 2180. The number of methoxy groups -OCH3 is 1. The van der Waals surface area contributed by atoms with Gasteiger partial charge in [0.15, 0.2) is 6.04 Å². The predicted molar refractivity (Wildman–Crippen MR) is 206 cm³/mol. The minimum absolute atomic E-state index is 0.0748. The second kappa shape index (κ2) is 17.0. The van der Waals surface area contributed by atoms with Crippen LogP contribution in [0.15, 0.2) is 96.1 Å². The van der Waals surface area contributed by atoms with Crippen LogP contribution in [0.5, 0.6) is 11.6 Å². The molecular weight excluding hydrogens is 690 g/mol. The minimum Gasteiger partial charge on any atom is -0.467 e. The molecule has 0 radical (unpaired) electrons. The van der Waals surface area contributed by atoms with Crippen LogP contribution in [-0.4, -0.2) is 59.4 Å². The number of H-pyrrole nitrogens is 1. The molecule has 282 valence electrons. The first-order valence-electron chi connectivity index (χ1n) is 17.4. The maximum absolute atomic E-state index is 13.0. The van der Waals surface area contributed by atoms with Crippen LogP contribution in [0.4, 0.5) is 21.0 Å². The highest BCUT2D eigenvalue weighted by Gasteiger charge is 2.24. The number of benzene rings is 3. The van der Waals surface area contributed by atoms with E-state index in [1.807, 2.05) is 38.1 Å². The van der Waals surface area contributed by atoms with Crippen LogP contribution in [0.1, 0.15) is 61.9 Å². The van der Waals surface area contributed by atoms with E-state index in [4.69, 9.17) is 18.9 Å². The number of ether oxygens (including phenoxy) is 4. The lowest BCUT2D eigenvalue weighted by Gasteiger charge is -2.25. The Morgan fingerprint density at radius 3 is 2.44 bits per heavy atom. The molecule has 13 nitrogen and oxygen atoms in total. The van der Waals surface area contributed by atoms with Gasteiger partial charge < -0.3 is 34.1 Å². The van der Waals surface area contributed by atoms with E-state index in [1.165, 1.54) is 12.0 Å². The Morgan fingerprint density at radius 2 is 1.74 bits per heavy atom. The summed E-state index contributed by atoms with van der Waals surface area (Å²) in [5, 5.41) is 7.25. The molecule has 0 bridgehead atoms. The number of aromatic nitrogens is 2. The molecule has 0 aliphatic carbocycles. The smallest absolute Gasteiger partial charge is 0.411 e. The minimum atomic E-state index is -0.838. The number of carbonyl (C=O) groups excluding carboxylic acids is 3. The molecule has 13 heteroatoms. The maximum atomic E-state index is 13.0. The fraction of sp³-hybridized carbons (Fsp3) is 0.293. The number of pyridine rings is 2. The maximum Gasteiger partial charge on any atom is 0.411 e. The van der Waals surface area contributed by atoms with E-state index in [0.29, 0.717) is 39.5 Å². The molecule has 0 aliphatic rings. The van der Waals surface area contributed by atoms with E-state index in [1.54, 1.807) is 94.8 Å². The van der Waals surface area contributed by atoms with Gasteiger partial charge in [0.05, 0.1) is 20.3 Å². The molecule has 5 rings (SSSR count). The summed E-state index contributed by atoms with van der Waals surface area (Å²) >= 11 is 0. The summed E-state index contributed by atoms with van der Waals surface area (Å²) in [5.74, 6) is 0.144. The summed E-state index contributed by atoms with van der Waals surface area (Å²) in [6.45, 7) is 9.43. The van der Waals surface area contributed by atoms with E-state index < -0.39 is 29.8 Å². The van der Waals surface area contributed by atoms with Gasteiger partial charge in [-0.15, -0.1) is 0 Å². The SMILES string of the molecule is COC(=O)C(Nc1ccc2cc[nH]c(=O)c2c1)c1ccc([C@@H](C)COC(=O)Nc2ccc(Oc3ccccn3)c(CN(C)C(=O)OC(C)(C)C)c2)c(C)c1. The molecule has 0 aliphatic heterocycles. The van der Waals surface area contributed by atoms with E-state index in [9.17, 15) is 19.2 Å². The Morgan fingerprint density at radius 1 is 0.963 bits per heavy atom. The number of nitrogens with one attached hydrogen (secondary N) is 3. The van der Waals surface area contributed by atoms with Crippen molar-refractivity contribution in [2.45, 2.75) is 58.7 Å². The Kier molecular flexibility index (Phi) is 12.2. The molecule has 3 N–H and O–H groups in total. The Balaban J connectivity index is 1.25. The van der Waals surface area contributed by atoms with Crippen LogP contribution in [0, 0.1) is 6.92 Å². The number of aryl methyl sites for hydroxylation is 1. The number of aromatic amines is 1. The van der Waals surface area contributed by atoms with Crippen LogP contribution in [0.25, 0.3) is 10.8 Å². The molecule has 54 heavy (non-hydrogen) atoms. The number of esters is 1. The second-order valence-corrected chi connectivity index (χ2v) is 13.9. The van der Waals surface area contributed by atoms with Gasteiger partial charge in [-0.1, -0.05) is 37.3 Å². The summed E-state index contributed by atoms with van der Waals surface area (Å²) in [6.07, 6.45) is 2.02. The molecule has 5 aromatic rings. The summed E-state index contributed by atoms with van der Waals surface area (Å²) in [7, 11) is 2.94. The first-order valence-corrected chi connectivity index (χ1v) is 17.4.